The molecule has 0 N–H and O–H groups in total. The van der Waals surface area contributed by atoms with E-state index in [9.17, 15) is 13.2 Å². The number of aromatic nitrogens is 4. The second-order valence-electron chi connectivity index (χ2n) is 7.65. The molecule has 2 aromatic heterocycles. The molecule has 0 atom stereocenters. The first-order valence-corrected chi connectivity index (χ1v) is 11.1. The van der Waals surface area contributed by atoms with Gasteiger partial charge < -0.3 is 4.74 Å². The number of hydrogen-bond donors (Lipinski definition) is 0. The van der Waals surface area contributed by atoms with Gasteiger partial charge in [-0.25, -0.2) is 0 Å². The topological polar surface area (TPSA) is 52.3 Å². The predicted octanol–water partition coefficient (Wildman–Crippen LogP) is 7.36. The summed E-state index contributed by atoms with van der Waals surface area (Å²) in [6.45, 7) is -0.000578. The van der Waals surface area contributed by atoms with Crippen molar-refractivity contribution >= 4 is 28.8 Å². The van der Waals surface area contributed by atoms with Crippen molar-refractivity contribution in [1.29, 1.82) is 0 Å². The monoisotopic (exact) mass is 514 g/mol. The quantitative estimate of drug-likeness (QED) is 0.245. The van der Waals surface area contributed by atoms with Crippen molar-refractivity contribution < 1.29 is 17.9 Å². The SMILES string of the molecule is FC(F)(F)c1ccc(COc2nn3cnnc3c(-c3ccc(Cl)cc3)c2-c2ccc(Cl)cc2)cc1. The van der Waals surface area contributed by atoms with Crippen LogP contribution >= 0.6 is 23.2 Å². The van der Waals surface area contributed by atoms with Crippen LogP contribution in [0.1, 0.15) is 11.1 Å². The predicted molar refractivity (Wildman–Crippen MR) is 127 cm³/mol. The van der Waals surface area contributed by atoms with Crippen molar-refractivity contribution in [1.82, 2.24) is 19.8 Å². The third-order valence-corrected chi connectivity index (χ3v) is 5.84. The van der Waals surface area contributed by atoms with Crippen molar-refractivity contribution in [2.45, 2.75) is 12.8 Å². The molecule has 5 rings (SSSR count). The highest BCUT2D eigenvalue weighted by Crippen LogP contribution is 2.41. The second-order valence-corrected chi connectivity index (χ2v) is 8.52. The van der Waals surface area contributed by atoms with E-state index in [1.54, 1.807) is 24.3 Å². The van der Waals surface area contributed by atoms with Crippen LogP contribution in [0.4, 0.5) is 13.2 Å². The fourth-order valence-electron chi connectivity index (χ4n) is 3.65. The minimum atomic E-state index is -4.41. The summed E-state index contributed by atoms with van der Waals surface area (Å²) in [4.78, 5) is 0. The molecule has 5 aromatic rings. The molecule has 0 fully saturated rings. The molecular weight excluding hydrogens is 500 g/mol. The van der Waals surface area contributed by atoms with E-state index in [1.165, 1.54) is 23.0 Å². The van der Waals surface area contributed by atoms with Crippen molar-refractivity contribution in [3.63, 3.8) is 0 Å². The van der Waals surface area contributed by atoms with Crippen molar-refractivity contribution in [2.75, 3.05) is 0 Å². The van der Waals surface area contributed by atoms with Gasteiger partial charge in [0.1, 0.15) is 12.9 Å². The molecule has 176 valence electrons. The first kappa shape index (κ1) is 23.1. The van der Waals surface area contributed by atoms with E-state index < -0.39 is 11.7 Å². The molecule has 0 aliphatic rings. The Balaban J connectivity index is 1.63. The Hall–Kier alpha value is -3.62. The number of rotatable bonds is 5. The summed E-state index contributed by atoms with van der Waals surface area (Å²) in [6, 6.07) is 19.2. The van der Waals surface area contributed by atoms with Crippen LogP contribution in [0.3, 0.4) is 0 Å². The minimum Gasteiger partial charge on any atom is -0.471 e. The van der Waals surface area contributed by atoms with Crippen LogP contribution < -0.4 is 4.74 Å². The maximum Gasteiger partial charge on any atom is 0.416 e. The zero-order valence-electron chi connectivity index (χ0n) is 17.8. The Bertz CT molecular complexity index is 1480. The van der Waals surface area contributed by atoms with Crippen LogP contribution in [0.15, 0.2) is 79.1 Å². The first-order chi connectivity index (χ1) is 16.8. The van der Waals surface area contributed by atoms with Gasteiger partial charge in [-0.1, -0.05) is 59.6 Å². The first-order valence-electron chi connectivity index (χ1n) is 10.3. The Kier molecular flexibility index (Phi) is 6.08. The molecule has 10 heteroatoms. The zero-order chi connectivity index (χ0) is 24.6. The average molecular weight is 515 g/mol. The summed E-state index contributed by atoms with van der Waals surface area (Å²) in [5.41, 5.74) is 3.24. The number of ether oxygens (including phenoxy) is 1. The molecule has 0 saturated heterocycles. The Morgan fingerprint density at radius 2 is 1.34 bits per heavy atom. The number of benzene rings is 3. The van der Waals surface area contributed by atoms with E-state index in [0.717, 1.165) is 23.3 Å². The largest absolute Gasteiger partial charge is 0.471 e. The lowest BCUT2D eigenvalue weighted by Crippen LogP contribution is -2.07. The van der Waals surface area contributed by atoms with Gasteiger partial charge in [0.15, 0.2) is 5.65 Å². The highest BCUT2D eigenvalue weighted by atomic mass is 35.5. The van der Waals surface area contributed by atoms with Crippen molar-refractivity contribution in [3.05, 3.63) is 100 Å². The highest BCUT2D eigenvalue weighted by Gasteiger charge is 2.30. The zero-order valence-corrected chi connectivity index (χ0v) is 19.3. The van der Waals surface area contributed by atoms with Gasteiger partial charge >= 0.3 is 6.18 Å². The van der Waals surface area contributed by atoms with Gasteiger partial charge in [-0.3, -0.25) is 0 Å². The fourth-order valence-corrected chi connectivity index (χ4v) is 3.90. The van der Waals surface area contributed by atoms with E-state index in [2.05, 4.69) is 15.3 Å². The van der Waals surface area contributed by atoms with Gasteiger partial charge in [-0.15, -0.1) is 15.3 Å². The molecule has 2 heterocycles. The van der Waals surface area contributed by atoms with Gasteiger partial charge in [0.2, 0.25) is 5.88 Å². The Morgan fingerprint density at radius 1 is 0.771 bits per heavy atom. The third-order valence-electron chi connectivity index (χ3n) is 5.34. The van der Waals surface area contributed by atoms with Gasteiger partial charge in [-0.05, 0) is 53.1 Å². The summed E-state index contributed by atoms with van der Waals surface area (Å²) in [7, 11) is 0. The van der Waals surface area contributed by atoms with Gasteiger partial charge in [0.05, 0.1) is 11.1 Å². The number of halogens is 5. The van der Waals surface area contributed by atoms with Crippen molar-refractivity contribution in [2.24, 2.45) is 0 Å². The summed E-state index contributed by atoms with van der Waals surface area (Å²) in [5.74, 6) is 0.254. The van der Waals surface area contributed by atoms with Crippen LogP contribution in [-0.4, -0.2) is 19.8 Å². The normalized spacial score (nSPS) is 11.7. The Labute approximate surface area is 207 Å². The lowest BCUT2D eigenvalue weighted by Gasteiger charge is -2.16. The number of nitrogens with zero attached hydrogens (tertiary/aromatic N) is 4. The van der Waals surface area contributed by atoms with Crippen LogP contribution in [0, 0.1) is 0 Å². The molecule has 0 saturated carbocycles. The summed E-state index contributed by atoms with van der Waals surface area (Å²) in [5, 5.41) is 13.9. The lowest BCUT2D eigenvalue weighted by molar-refractivity contribution is -0.137. The van der Waals surface area contributed by atoms with E-state index >= 15 is 0 Å². The molecule has 0 radical (unpaired) electrons. The molecule has 0 spiro atoms. The maximum absolute atomic E-state index is 12.9. The highest BCUT2D eigenvalue weighted by molar-refractivity contribution is 6.31. The maximum atomic E-state index is 12.9. The van der Waals surface area contributed by atoms with Crippen LogP contribution in [0.2, 0.25) is 10.0 Å². The third kappa shape index (κ3) is 4.80. The van der Waals surface area contributed by atoms with Gasteiger partial charge in [0, 0.05) is 15.6 Å². The second kappa shape index (κ2) is 9.20. The number of fused-ring (bicyclic) bond motifs is 1. The molecule has 0 amide bonds. The smallest absolute Gasteiger partial charge is 0.416 e. The molecule has 35 heavy (non-hydrogen) atoms. The summed E-state index contributed by atoms with van der Waals surface area (Å²) in [6.07, 6.45) is -2.96. The van der Waals surface area contributed by atoms with Crippen LogP contribution in [0.25, 0.3) is 27.9 Å². The average Bonchev–Trinajstić information content (AvgIpc) is 3.31. The van der Waals surface area contributed by atoms with Crippen LogP contribution in [0.5, 0.6) is 5.88 Å². The summed E-state index contributed by atoms with van der Waals surface area (Å²) < 4.78 is 46.3. The van der Waals surface area contributed by atoms with Gasteiger partial charge in [0.25, 0.3) is 0 Å². The van der Waals surface area contributed by atoms with Crippen molar-refractivity contribution in [3.8, 4) is 28.1 Å². The van der Waals surface area contributed by atoms with Gasteiger partial charge in [-0.2, -0.15) is 17.7 Å². The molecule has 3 aromatic carbocycles. The molecule has 0 aliphatic carbocycles. The van der Waals surface area contributed by atoms with E-state index in [4.69, 9.17) is 27.9 Å². The van der Waals surface area contributed by atoms with E-state index in [-0.39, 0.29) is 12.5 Å². The molecular formula is C25H15Cl2F3N4O. The molecule has 0 unspecified atom stereocenters. The fraction of sp³-hybridized carbons (Fsp3) is 0.0800. The van der Waals surface area contributed by atoms with E-state index in [0.29, 0.717) is 32.4 Å². The molecule has 0 aliphatic heterocycles. The van der Waals surface area contributed by atoms with E-state index in [1.807, 2.05) is 24.3 Å². The standard InChI is InChI=1S/C25H15Cl2F3N4O/c26-19-9-3-16(4-10-19)21-22(17-5-11-20(27)12-6-17)24(33-34-14-31-32-23(21)34)35-13-15-1-7-18(8-2-15)25(28,29)30/h1-12,14H,13H2. The summed E-state index contributed by atoms with van der Waals surface area (Å²) >= 11 is 12.2. The molecule has 0 bridgehead atoms. The Morgan fingerprint density at radius 3 is 1.91 bits per heavy atom. The molecule has 5 nitrogen and oxygen atoms in total. The number of alkyl halides is 3. The minimum absolute atomic E-state index is 0.000578. The van der Waals surface area contributed by atoms with Crippen LogP contribution in [-0.2, 0) is 12.8 Å². The lowest BCUT2D eigenvalue weighted by atomic mass is 9.96. The number of hydrogen-bond acceptors (Lipinski definition) is 4.